The van der Waals surface area contributed by atoms with Crippen LogP contribution in [0.2, 0.25) is 0 Å². The quantitative estimate of drug-likeness (QED) is 0.638. The first-order chi connectivity index (χ1) is 7.83. The van der Waals surface area contributed by atoms with Gasteiger partial charge in [0, 0.05) is 12.5 Å². The molecule has 3 fully saturated rings. The molecule has 0 aromatic rings. The molecule has 2 saturated heterocycles. The van der Waals surface area contributed by atoms with Gasteiger partial charge in [-0.15, -0.1) is 0 Å². The van der Waals surface area contributed by atoms with E-state index in [1.807, 2.05) is 6.07 Å². The number of nitriles is 1. The van der Waals surface area contributed by atoms with E-state index in [9.17, 15) is 9.59 Å². The van der Waals surface area contributed by atoms with E-state index in [4.69, 9.17) is 10.00 Å². The highest BCUT2D eigenvalue weighted by Gasteiger charge is 2.54. The molecule has 0 aromatic carbocycles. The smallest absolute Gasteiger partial charge is 0.410 e. The fourth-order valence-electron chi connectivity index (χ4n) is 2.45. The second-order valence-corrected chi connectivity index (χ2v) is 5.62. The number of fused-ring (bicyclic) bond motifs is 2. The summed E-state index contributed by atoms with van der Waals surface area (Å²) in [6.07, 6.45) is 0.614. The molecule has 17 heavy (non-hydrogen) atoms. The second kappa shape index (κ2) is 3.73. The van der Waals surface area contributed by atoms with Crippen LogP contribution >= 0.6 is 0 Å². The van der Waals surface area contributed by atoms with Crippen molar-refractivity contribution in [1.82, 2.24) is 4.90 Å². The van der Waals surface area contributed by atoms with Gasteiger partial charge in [-0.1, -0.05) is 0 Å². The molecule has 5 heteroatoms. The Balaban J connectivity index is 2.08. The van der Waals surface area contributed by atoms with Crippen molar-refractivity contribution in [3.63, 3.8) is 0 Å². The normalized spacial score (nSPS) is 31.5. The van der Waals surface area contributed by atoms with Gasteiger partial charge in [-0.05, 0) is 27.2 Å². The number of hydrogen-bond donors (Lipinski definition) is 0. The summed E-state index contributed by atoms with van der Waals surface area (Å²) in [5.74, 6) is -0.721. The molecule has 3 unspecified atom stereocenters. The fraction of sp³-hybridized carbons (Fsp3) is 0.750. The maximum absolute atomic E-state index is 11.9. The van der Waals surface area contributed by atoms with Gasteiger partial charge in [0.1, 0.15) is 11.5 Å². The molecule has 1 aliphatic carbocycles. The van der Waals surface area contributed by atoms with E-state index in [2.05, 4.69) is 0 Å². The fourth-order valence-corrected chi connectivity index (χ4v) is 2.45. The van der Waals surface area contributed by atoms with Crippen molar-refractivity contribution in [3.8, 4) is 6.07 Å². The molecule has 0 radical (unpaired) electrons. The van der Waals surface area contributed by atoms with Gasteiger partial charge in [0.15, 0.2) is 5.78 Å². The largest absolute Gasteiger partial charge is 0.444 e. The number of Topliss-reactive ketones (excluding diaryl/α,β-unsaturated/α-hetero) is 1. The van der Waals surface area contributed by atoms with Crippen LogP contribution in [0.5, 0.6) is 0 Å². The molecule has 3 aliphatic rings. The van der Waals surface area contributed by atoms with Gasteiger partial charge in [-0.3, -0.25) is 9.69 Å². The minimum Gasteiger partial charge on any atom is -0.444 e. The number of amides is 1. The molecular weight excluding hydrogens is 220 g/mol. The number of piperidine rings is 1. The summed E-state index contributed by atoms with van der Waals surface area (Å²) in [5.41, 5.74) is -0.548. The van der Waals surface area contributed by atoms with Crippen LogP contribution in [0.4, 0.5) is 4.79 Å². The Morgan fingerprint density at radius 2 is 2.18 bits per heavy atom. The van der Waals surface area contributed by atoms with Gasteiger partial charge in [0.25, 0.3) is 0 Å². The molecule has 2 aliphatic heterocycles. The van der Waals surface area contributed by atoms with Gasteiger partial charge in [-0.2, -0.15) is 5.26 Å². The first kappa shape index (κ1) is 11.9. The Labute approximate surface area is 100 Å². The summed E-state index contributed by atoms with van der Waals surface area (Å²) >= 11 is 0. The lowest BCUT2D eigenvalue weighted by Crippen LogP contribution is -2.67. The summed E-state index contributed by atoms with van der Waals surface area (Å²) in [7, 11) is 0. The van der Waals surface area contributed by atoms with Crippen LogP contribution < -0.4 is 0 Å². The van der Waals surface area contributed by atoms with E-state index >= 15 is 0 Å². The third kappa shape index (κ3) is 1.99. The summed E-state index contributed by atoms with van der Waals surface area (Å²) in [4.78, 5) is 25.0. The SMILES string of the molecule is CC(C)(C)OC(=O)N1C2CC(=O)C(C#N)C1C2. The predicted molar refractivity (Wildman–Crippen MR) is 59.0 cm³/mol. The van der Waals surface area contributed by atoms with Crippen LogP contribution in [-0.2, 0) is 9.53 Å². The number of carbonyl (C=O) groups excluding carboxylic acids is 2. The lowest BCUT2D eigenvalue weighted by Gasteiger charge is -2.53. The zero-order valence-electron chi connectivity index (χ0n) is 10.3. The topological polar surface area (TPSA) is 70.4 Å². The molecule has 5 nitrogen and oxygen atoms in total. The number of rotatable bonds is 0. The van der Waals surface area contributed by atoms with Crippen LogP contribution in [-0.4, -0.2) is 34.5 Å². The maximum atomic E-state index is 11.9. The molecule has 92 valence electrons. The standard InChI is InChI=1S/C12H16N2O3/c1-12(2,3)17-11(16)14-7-4-9(14)8(6-13)10(15)5-7/h7-9H,4-5H2,1-3H3. The second-order valence-electron chi connectivity index (χ2n) is 5.62. The molecule has 0 aromatic heterocycles. The highest BCUT2D eigenvalue weighted by molar-refractivity contribution is 5.89. The van der Waals surface area contributed by atoms with Gasteiger partial charge in [-0.25, -0.2) is 4.79 Å². The Kier molecular flexibility index (Phi) is 2.61. The molecule has 3 atom stereocenters. The Bertz CT molecular complexity index is 405. The molecular formula is C12H16N2O3. The van der Waals surface area contributed by atoms with E-state index < -0.39 is 17.6 Å². The van der Waals surface area contributed by atoms with Crippen LogP contribution in [0.25, 0.3) is 0 Å². The Morgan fingerprint density at radius 3 is 2.71 bits per heavy atom. The minimum absolute atomic E-state index is 0.0476. The summed E-state index contributed by atoms with van der Waals surface area (Å²) in [5, 5.41) is 8.94. The van der Waals surface area contributed by atoms with Crippen LogP contribution in [0.3, 0.4) is 0 Å². The molecule has 1 amide bonds. The van der Waals surface area contributed by atoms with Crippen molar-refractivity contribution in [3.05, 3.63) is 0 Å². The Hall–Kier alpha value is -1.57. The highest BCUT2D eigenvalue weighted by Crippen LogP contribution is 2.40. The van der Waals surface area contributed by atoms with Crippen LogP contribution in [0.1, 0.15) is 33.6 Å². The van der Waals surface area contributed by atoms with Crippen molar-refractivity contribution >= 4 is 11.9 Å². The summed E-state index contributed by atoms with van der Waals surface area (Å²) in [6.45, 7) is 5.40. The first-order valence-electron chi connectivity index (χ1n) is 5.77. The zero-order chi connectivity index (χ0) is 12.8. The number of nitrogens with zero attached hydrogens (tertiary/aromatic N) is 2. The van der Waals surface area contributed by atoms with Crippen molar-refractivity contribution < 1.29 is 14.3 Å². The van der Waals surface area contributed by atoms with Gasteiger partial charge in [0.2, 0.25) is 0 Å². The van der Waals surface area contributed by atoms with Gasteiger partial charge in [0.05, 0.1) is 12.1 Å². The lowest BCUT2D eigenvalue weighted by atomic mass is 9.72. The van der Waals surface area contributed by atoms with Gasteiger partial charge < -0.3 is 4.74 Å². The number of hydrogen-bond acceptors (Lipinski definition) is 4. The predicted octanol–water partition coefficient (Wildman–Crippen LogP) is 1.48. The molecule has 3 rings (SSSR count). The first-order valence-corrected chi connectivity index (χ1v) is 5.77. The van der Waals surface area contributed by atoms with E-state index in [0.29, 0.717) is 0 Å². The third-order valence-corrected chi connectivity index (χ3v) is 3.18. The van der Waals surface area contributed by atoms with Crippen LogP contribution in [0, 0.1) is 17.2 Å². The van der Waals surface area contributed by atoms with Crippen LogP contribution in [0.15, 0.2) is 0 Å². The highest BCUT2D eigenvalue weighted by atomic mass is 16.6. The van der Waals surface area contributed by atoms with E-state index in [0.717, 1.165) is 6.42 Å². The monoisotopic (exact) mass is 236 g/mol. The molecule has 1 saturated carbocycles. The maximum Gasteiger partial charge on any atom is 0.410 e. The van der Waals surface area contributed by atoms with Crippen molar-refractivity contribution in [1.29, 1.82) is 5.26 Å². The van der Waals surface area contributed by atoms with Gasteiger partial charge >= 0.3 is 6.09 Å². The average Bonchev–Trinajstić information content (AvgIpc) is 2.13. The van der Waals surface area contributed by atoms with Crippen molar-refractivity contribution in [2.45, 2.75) is 51.3 Å². The van der Waals surface area contributed by atoms with Crippen molar-refractivity contribution in [2.75, 3.05) is 0 Å². The number of ketones is 1. The van der Waals surface area contributed by atoms with Crippen molar-refractivity contribution in [2.24, 2.45) is 5.92 Å². The molecule has 0 N–H and O–H groups in total. The number of carbonyl (C=O) groups is 2. The average molecular weight is 236 g/mol. The molecule has 2 heterocycles. The molecule has 2 bridgehead atoms. The summed E-state index contributed by atoms with van der Waals surface area (Å²) in [6, 6.07) is 1.65. The third-order valence-electron chi connectivity index (χ3n) is 3.18. The lowest BCUT2D eigenvalue weighted by molar-refractivity contribution is -0.137. The molecule has 0 spiro atoms. The summed E-state index contributed by atoms with van der Waals surface area (Å²) < 4.78 is 5.27. The van der Waals surface area contributed by atoms with E-state index in [-0.39, 0.29) is 24.3 Å². The Morgan fingerprint density at radius 1 is 1.53 bits per heavy atom. The zero-order valence-corrected chi connectivity index (χ0v) is 10.3. The van der Waals surface area contributed by atoms with E-state index in [1.54, 1.807) is 25.7 Å². The minimum atomic E-state index is -0.674. The van der Waals surface area contributed by atoms with E-state index in [1.165, 1.54) is 0 Å². The number of ether oxygens (including phenoxy) is 1.